The maximum Gasteiger partial charge on any atom is 0.126 e. The fraction of sp³-hybridized carbons (Fsp3) is 0.500. The molecule has 4 nitrogen and oxygen atoms in total. The van der Waals surface area contributed by atoms with Gasteiger partial charge in [-0.25, -0.2) is 8.78 Å². The van der Waals surface area contributed by atoms with E-state index in [4.69, 9.17) is 0 Å². The normalized spacial score (nSPS) is 17.6. The van der Waals surface area contributed by atoms with Gasteiger partial charge in [0, 0.05) is 37.3 Å². The standard InChI is InChI=1S/C30H39F2N3O/c1-29(2,3)23-9-8-10-24(16-23)30(11-6-5-7-12-30)33-19-28(36)27(22-18-34-35(4)20-22)15-21-13-25(31)17-26(32)14-21/h8-10,13-14,16-18,20,27-28,33,36H,5-7,11-12,15,19H2,1-4H3. The second-order valence-electron chi connectivity index (χ2n) is 11.5. The number of nitrogens with zero attached hydrogens (tertiary/aromatic N) is 2. The molecule has 0 bridgehead atoms. The Kier molecular flexibility index (Phi) is 7.96. The van der Waals surface area contributed by atoms with Gasteiger partial charge in [0.05, 0.1) is 12.3 Å². The van der Waals surface area contributed by atoms with Gasteiger partial charge in [-0.3, -0.25) is 4.68 Å². The molecule has 2 unspecified atom stereocenters. The Bertz CT molecular complexity index is 1140. The molecule has 1 aliphatic carbocycles. The van der Waals surface area contributed by atoms with Crippen LogP contribution < -0.4 is 5.32 Å². The van der Waals surface area contributed by atoms with Crippen molar-refractivity contribution in [3.63, 3.8) is 0 Å². The zero-order valence-electron chi connectivity index (χ0n) is 21.9. The lowest BCUT2D eigenvalue weighted by Gasteiger charge is -2.41. The van der Waals surface area contributed by atoms with Crippen LogP contribution >= 0.6 is 0 Å². The number of nitrogens with one attached hydrogen (secondary N) is 1. The highest BCUT2D eigenvalue weighted by Crippen LogP contribution is 2.39. The van der Waals surface area contributed by atoms with Crippen molar-refractivity contribution < 1.29 is 13.9 Å². The van der Waals surface area contributed by atoms with Crippen LogP contribution in [0.15, 0.2) is 54.9 Å². The monoisotopic (exact) mass is 495 g/mol. The number of aromatic nitrogens is 2. The predicted octanol–water partition coefficient (Wildman–Crippen LogP) is 6.13. The zero-order valence-corrected chi connectivity index (χ0v) is 21.9. The average molecular weight is 496 g/mol. The molecule has 6 heteroatoms. The van der Waals surface area contributed by atoms with E-state index in [-0.39, 0.29) is 16.9 Å². The van der Waals surface area contributed by atoms with E-state index in [9.17, 15) is 13.9 Å². The first kappa shape index (κ1) is 26.5. The van der Waals surface area contributed by atoms with E-state index in [1.165, 1.54) is 29.7 Å². The molecular formula is C30H39F2N3O. The second-order valence-corrected chi connectivity index (χ2v) is 11.5. The molecule has 1 aromatic heterocycles. The van der Waals surface area contributed by atoms with Crippen molar-refractivity contribution in [2.24, 2.45) is 7.05 Å². The molecule has 0 radical (unpaired) electrons. The molecule has 1 heterocycles. The molecule has 4 rings (SSSR count). The van der Waals surface area contributed by atoms with Crippen molar-refractivity contribution in [2.75, 3.05) is 6.54 Å². The summed E-state index contributed by atoms with van der Waals surface area (Å²) in [6.07, 6.45) is 8.67. The van der Waals surface area contributed by atoms with E-state index in [1.807, 2.05) is 13.2 Å². The van der Waals surface area contributed by atoms with Crippen molar-refractivity contribution in [2.45, 2.75) is 82.3 Å². The summed E-state index contributed by atoms with van der Waals surface area (Å²) in [5, 5.41) is 19.5. The van der Waals surface area contributed by atoms with Crippen molar-refractivity contribution in [3.8, 4) is 0 Å². The second kappa shape index (κ2) is 10.8. The van der Waals surface area contributed by atoms with Crippen LogP contribution in [0.25, 0.3) is 0 Å². The summed E-state index contributed by atoms with van der Waals surface area (Å²) in [6, 6.07) is 12.4. The number of rotatable bonds is 8. The van der Waals surface area contributed by atoms with Gasteiger partial charge in [-0.05, 0) is 59.1 Å². The van der Waals surface area contributed by atoms with Crippen LogP contribution in [0.5, 0.6) is 0 Å². The van der Waals surface area contributed by atoms with E-state index >= 15 is 0 Å². The van der Waals surface area contributed by atoms with Crippen molar-refractivity contribution >= 4 is 0 Å². The van der Waals surface area contributed by atoms with Gasteiger partial charge in [-0.1, -0.05) is 64.3 Å². The summed E-state index contributed by atoms with van der Waals surface area (Å²) in [4.78, 5) is 0. The lowest BCUT2D eigenvalue weighted by Crippen LogP contribution is -2.48. The minimum Gasteiger partial charge on any atom is -0.391 e. The molecule has 0 amide bonds. The Morgan fingerprint density at radius 1 is 1.06 bits per heavy atom. The highest BCUT2D eigenvalue weighted by atomic mass is 19.1. The van der Waals surface area contributed by atoms with E-state index in [2.05, 4.69) is 55.5 Å². The first-order valence-electron chi connectivity index (χ1n) is 13.0. The Balaban J connectivity index is 1.59. The quantitative estimate of drug-likeness (QED) is 0.395. The van der Waals surface area contributed by atoms with E-state index in [0.717, 1.165) is 37.3 Å². The van der Waals surface area contributed by atoms with Crippen LogP contribution in [-0.4, -0.2) is 27.5 Å². The topological polar surface area (TPSA) is 50.1 Å². The number of hydrogen-bond donors (Lipinski definition) is 2. The minimum absolute atomic E-state index is 0.0526. The smallest absolute Gasteiger partial charge is 0.126 e. The number of aryl methyl sites for hydroxylation is 1. The van der Waals surface area contributed by atoms with Gasteiger partial charge in [0.25, 0.3) is 0 Å². The Morgan fingerprint density at radius 2 is 1.75 bits per heavy atom. The largest absolute Gasteiger partial charge is 0.391 e. The van der Waals surface area contributed by atoms with E-state index in [1.54, 1.807) is 10.9 Å². The maximum atomic E-state index is 13.9. The molecule has 36 heavy (non-hydrogen) atoms. The van der Waals surface area contributed by atoms with Crippen LogP contribution in [0.2, 0.25) is 0 Å². The van der Waals surface area contributed by atoms with Gasteiger partial charge in [0.2, 0.25) is 0 Å². The molecule has 2 N–H and O–H groups in total. The third kappa shape index (κ3) is 6.22. The molecule has 0 saturated heterocycles. The first-order chi connectivity index (χ1) is 17.1. The van der Waals surface area contributed by atoms with Crippen molar-refractivity contribution in [1.82, 2.24) is 15.1 Å². The Hall–Kier alpha value is -2.57. The SMILES string of the molecule is Cn1cc(C(Cc2cc(F)cc(F)c2)C(O)CNC2(c3cccc(C(C)(C)C)c3)CCCCC2)cn1. The number of hydrogen-bond acceptors (Lipinski definition) is 3. The number of aliphatic hydroxyl groups is 1. The molecular weight excluding hydrogens is 456 g/mol. The minimum atomic E-state index is -0.759. The van der Waals surface area contributed by atoms with Gasteiger partial charge in [-0.2, -0.15) is 5.10 Å². The van der Waals surface area contributed by atoms with E-state index < -0.39 is 17.7 Å². The number of benzene rings is 2. The average Bonchev–Trinajstić information content (AvgIpc) is 3.26. The summed E-state index contributed by atoms with van der Waals surface area (Å²) in [7, 11) is 1.83. The van der Waals surface area contributed by atoms with Gasteiger partial charge in [0.15, 0.2) is 0 Å². The summed E-state index contributed by atoms with van der Waals surface area (Å²) >= 11 is 0. The molecule has 2 atom stereocenters. The molecule has 0 aliphatic heterocycles. The lowest BCUT2D eigenvalue weighted by molar-refractivity contribution is 0.115. The van der Waals surface area contributed by atoms with Crippen LogP contribution in [0.3, 0.4) is 0 Å². The zero-order chi connectivity index (χ0) is 25.9. The Labute approximate surface area is 213 Å². The fourth-order valence-corrected chi connectivity index (χ4v) is 5.54. The summed E-state index contributed by atoms with van der Waals surface area (Å²) in [5.41, 5.74) is 3.79. The molecule has 1 saturated carbocycles. The highest BCUT2D eigenvalue weighted by Gasteiger charge is 2.35. The molecule has 1 aliphatic rings. The molecule has 0 spiro atoms. The lowest BCUT2D eigenvalue weighted by atomic mass is 9.74. The number of halogens is 2. The molecule has 194 valence electrons. The van der Waals surface area contributed by atoms with Gasteiger partial charge >= 0.3 is 0 Å². The summed E-state index contributed by atoms with van der Waals surface area (Å²) < 4.78 is 29.5. The Morgan fingerprint density at radius 3 is 2.36 bits per heavy atom. The van der Waals surface area contributed by atoms with Crippen LogP contribution in [0.1, 0.15) is 81.0 Å². The van der Waals surface area contributed by atoms with Gasteiger partial charge in [-0.15, -0.1) is 0 Å². The van der Waals surface area contributed by atoms with Crippen molar-refractivity contribution in [3.05, 3.63) is 88.7 Å². The highest BCUT2D eigenvalue weighted by molar-refractivity contribution is 5.34. The van der Waals surface area contributed by atoms with Crippen molar-refractivity contribution in [1.29, 1.82) is 0 Å². The third-order valence-electron chi connectivity index (χ3n) is 7.63. The van der Waals surface area contributed by atoms with Crippen LogP contribution in [0.4, 0.5) is 8.78 Å². The van der Waals surface area contributed by atoms with Crippen LogP contribution in [0, 0.1) is 11.6 Å². The first-order valence-corrected chi connectivity index (χ1v) is 13.0. The van der Waals surface area contributed by atoms with Crippen LogP contribution in [-0.2, 0) is 24.4 Å². The number of aliphatic hydroxyl groups excluding tert-OH is 1. The maximum absolute atomic E-state index is 13.9. The fourth-order valence-electron chi connectivity index (χ4n) is 5.54. The molecule has 2 aromatic carbocycles. The van der Waals surface area contributed by atoms with Gasteiger partial charge < -0.3 is 10.4 Å². The summed E-state index contributed by atoms with van der Waals surface area (Å²) in [5.74, 6) is -1.57. The predicted molar refractivity (Wildman–Crippen MR) is 140 cm³/mol. The van der Waals surface area contributed by atoms with Gasteiger partial charge in [0.1, 0.15) is 11.6 Å². The summed E-state index contributed by atoms with van der Waals surface area (Å²) in [6.45, 7) is 7.05. The third-order valence-corrected chi connectivity index (χ3v) is 7.63. The van der Waals surface area contributed by atoms with E-state index in [0.29, 0.717) is 18.5 Å². The molecule has 1 fully saturated rings. The molecule has 3 aromatic rings.